The molecule has 0 aliphatic heterocycles. The number of nitrogens with two attached hydrogens (primary N) is 1. The number of phosphoric ester groups is 1. The highest BCUT2D eigenvalue weighted by Crippen LogP contribution is 2.43. The molecule has 1 aliphatic rings. The zero-order valence-corrected chi connectivity index (χ0v) is 32.1. The van der Waals surface area contributed by atoms with Gasteiger partial charge >= 0.3 is 19.8 Å². The molecule has 0 radical (unpaired) electrons. The minimum absolute atomic E-state index is 0.0187. The maximum atomic E-state index is 12.6. The van der Waals surface area contributed by atoms with Crippen LogP contribution in [-0.4, -0.2) is 66.3 Å². The maximum Gasteiger partial charge on any atom is 0.472 e. The molecule has 0 saturated heterocycles. The van der Waals surface area contributed by atoms with Gasteiger partial charge in [-0.15, -0.1) is 0 Å². The predicted octanol–water partition coefficient (Wildman–Crippen LogP) is 8.00. The lowest BCUT2D eigenvalue weighted by molar-refractivity contribution is -0.161. The summed E-state index contributed by atoms with van der Waals surface area (Å²) in [5, 5.41) is 10.2. The summed E-state index contributed by atoms with van der Waals surface area (Å²) in [6.07, 6.45) is 29.2. The third-order valence-electron chi connectivity index (χ3n) is 8.44. The monoisotopic (exact) mass is 739 g/mol. The topological polar surface area (TPSA) is 172 Å². The van der Waals surface area contributed by atoms with Crippen LogP contribution in [0.1, 0.15) is 129 Å². The van der Waals surface area contributed by atoms with Crippen LogP contribution in [0.5, 0.6) is 0 Å². The van der Waals surface area contributed by atoms with Crippen molar-refractivity contribution in [2.45, 2.75) is 142 Å². The number of unbranched alkanes of at least 4 members (excludes halogenated alkanes) is 10. The van der Waals surface area contributed by atoms with Gasteiger partial charge in [-0.3, -0.25) is 23.4 Å². The first-order valence-electron chi connectivity index (χ1n) is 19.2. The maximum absolute atomic E-state index is 12.6. The van der Waals surface area contributed by atoms with Crippen molar-refractivity contribution in [1.82, 2.24) is 0 Å². The molecule has 0 heterocycles. The number of aliphatic hydroxyl groups is 1. The van der Waals surface area contributed by atoms with Gasteiger partial charge in [0.15, 0.2) is 11.9 Å². The van der Waals surface area contributed by atoms with Crippen LogP contribution in [0.2, 0.25) is 0 Å². The highest BCUT2D eigenvalue weighted by molar-refractivity contribution is 7.47. The van der Waals surface area contributed by atoms with Gasteiger partial charge in [0, 0.05) is 25.3 Å². The molecule has 0 amide bonds. The number of ketones is 1. The lowest BCUT2D eigenvalue weighted by Gasteiger charge is -2.19. The second kappa shape index (κ2) is 30.1. The number of allylic oxidation sites excluding steroid dienone is 7. The van der Waals surface area contributed by atoms with Crippen LogP contribution >= 0.6 is 7.82 Å². The number of carbonyl (C=O) groups excluding carboxylic acids is 3. The Balaban J connectivity index is 2.45. The van der Waals surface area contributed by atoms with Gasteiger partial charge in [0.1, 0.15) is 6.61 Å². The normalized spacial score (nSPS) is 18.6. The van der Waals surface area contributed by atoms with E-state index in [1.165, 1.54) is 12.8 Å². The quantitative estimate of drug-likeness (QED) is 0.0264. The number of aliphatic hydroxyl groups excluding tert-OH is 1. The number of ether oxygens (including phenoxy) is 2. The lowest BCUT2D eigenvalue weighted by atomic mass is 9.90. The summed E-state index contributed by atoms with van der Waals surface area (Å²) < 4.78 is 32.6. The molecule has 0 saturated carbocycles. The Morgan fingerprint density at radius 2 is 1.53 bits per heavy atom. The van der Waals surface area contributed by atoms with Gasteiger partial charge in [-0.25, -0.2) is 4.57 Å². The van der Waals surface area contributed by atoms with Crippen LogP contribution in [0.3, 0.4) is 0 Å². The Morgan fingerprint density at radius 3 is 2.27 bits per heavy atom. The number of hydrogen-bond acceptors (Lipinski definition) is 10. The van der Waals surface area contributed by atoms with E-state index in [0.717, 1.165) is 57.8 Å². The molecular weight excluding hydrogens is 673 g/mol. The Labute approximate surface area is 306 Å². The SMILES string of the molecule is CCCC/C=C\CCCCCCCC(=O)OC[C@H](COP(=O)(O)OCCN)OC(=O)CCC/C=C\C[C@H]1C=CC(=O)[C@@H]1/C=C/[C@@H](O)CCCCC. The third-order valence-corrected chi connectivity index (χ3v) is 9.42. The van der Waals surface area contributed by atoms with Crippen LogP contribution in [-0.2, 0) is 37.5 Å². The lowest BCUT2D eigenvalue weighted by Crippen LogP contribution is -2.29. The molecule has 1 aliphatic carbocycles. The molecule has 0 aromatic rings. The summed E-state index contributed by atoms with van der Waals surface area (Å²) >= 11 is 0. The van der Waals surface area contributed by atoms with Gasteiger partial charge in [0.2, 0.25) is 0 Å². The second-order valence-electron chi connectivity index (χ2n) is 13.1. The average Bonchev–Trinajstić information content (AvgIpc) is 3.46. The van der Waals surface area contributed by atoms with Crippen molar-refractivity contribution in [2.75, 3.05) is 26.4 Å². The van der Waals surface area contributed by atoms with E-state index in [1.54, 1.807) is 12.2 Å². The van der Waals surface area contributed by atoms with Crippen molar-refractivity contribution in [2.24, 2.45) is 17.6 Å². The van der Waals surface area contributed by atoms with E-state index in [0.29, 0.717) is 32.1 Å². The van der Waals surface area contributed by atoms with Gasteiger partial charge < -0.3 is 25.2 Å². The first kappa shape index (κ1) is 46.6. The van der Waals surface area contributed by atoms with Crippen molar-refractivity contribution >= 4 is 25.5 Å². The number of hydrogen-bond donors (Lipinski definition) is 3. The molecular formula is C39H66NO10P. The molecule has 1 unspecified atom stereocenters. The molecule has 11 nitrogen and oxygen atoms in total. The van der Waals surface area contributed by atoms with Crippen LogP contribution in [0.25, 0.3) is 0 Å². The van der Waals surface area contributed by atoms with E-state index >= 15 is 0 Å². The van der Waals surface area contributed by atoms with Crippen molar-refractivity contribution in [3.05, 3.63) is 48.6 Å². The van der Waals surface area contributed by atoms with Gasteiger partial charge in [-0.1, -0.05) is 108 Å². The van der Waals surface area contributed by atoms with Crippen LogP contribution in [0, 0.1) is 11.8 Å². The highest BCUT2D eigenvalue weighted by atomic mass is 31.2. The van der Waals surface area contributed by atoms with E-state index in [-0.39, 0.29) is 50.2 Å². The van der Waals surface area contributed by atoms with E-state index in [4.69, 9.17) is 24.3 Å². The summed E-state index contributed by atoms with van der Waals surface area (Å²) in [7, 11) is -4.43. The zero-order chi connectivity index (χ0) is 37.6. The van der Waals surface area contributed by atoms with Crippen molar-refractivity contribution in [1.29, 1.82) is 0 Å². The number of rotatable bonds is 32. The van der Waals surface area contributed by atoms with Crippen molar-refractivity contribution in [3.8, 4) is 0 Å². The second-order valence-corrected chi connectivity index (χ2v) is 14.6. The summed E-state index contributed by atoms with van der Waals surface area (Å²) in [5.41, 5.74) is 5.32. The standard InChI is InChI=1S/C39H66NO10P/c1-3-5-7-8-9-10-11-12-13-14-19-23-38(43)47-31-35(32-49-51(45,46)48-30-29-40)50-39(44)24-20-16-15-18-21-33-25-28-37(42)36(33)27-26-34(41)22-17-6-4-2/h8-9,15,18,25-28,33-36,41H,3-7,10-14,16-17,19-24,29-32,40H2,1-2H3,(H,45,46)/b9-8-,18-15-,27-26+/t33-,34-,35+,36+/m0/s1. The molecule has 0 bridgehead atoms. The molecule has 12 heteroatoms. The summed E-state index contributed by atoms with van der Waals surface area (Å²) in [6.45, 7) is 3.32. The molecule has 1 rings (SSSR count). The fourth-order valence-corrected chi connectivity index (χ4v) is 6.19. The van der Waals surface area contributed by atoms with Crippen molar-refractivity contribution < 1.29 is 47.5 Å². The Morgan fingerprint density at radius 1 is 0.863 bits per heavy atom. The molecule has 0 fully saturated rings. The third kappa shape index (κ3) is 25.3. The highest BCUT2D eigenvalue weighted by Gasteiger charge is 2.27. The molecule has 4 N–H and O–H groups in total. The summed E-state index contributed by atoms with van der Waals surface area (Å²) in [6, 6.07) is 0. The van der Waals surface area contributed by atoms with Gasteiger partial charge in [0.25, 0.3) is 0 Å². The zero-order valence-electron chi connectivity index (χ0n) is 31.2. The largest absolute Gasteiger partial charge is 0.472 e. The molecule has 0 aromatic carbocycles. The Kier molecular flexibility index (Phi) is 27.5. The minimum Gasteiger partial charge on any atom is -0.462 e. The van der Waals surface area contributed by atoms with Crippen LogP contribution < -0.4 is 5.73 Å². The molecule has 292 valence electrons. The molecule has 5 atom stereocenters. The van der Waals surface area contributed by atoms with Gasteiger partial charge in [-0.05, 0) is 63.4 Å². The first-order valence-corrected chi connectivity index (χ1v) is 20.7. The average molecular weight is 740 g/mol. The number of carbonyl (C=O) groups is 3. The Hall–Kier alpha value is -2.40. The molecule has 0 spiro atoms. The summed E-state index contributed by atoms with van der Waals surface area (Å²) in [5.74, 6) is -1.23. The number of esters is 2. The minimum atomic E-state index is -4.43. The molecule has 0 aromatic heterocycles. The van der Waals surface area contributed by atoms with Crippen LogP contribution in [0.15, 0.2) is 48.6 Å². The van der Waals surface area contributed by atoms with Gasteiger partial charge in [0.05, 0.1) is 19.3 Å². The van der Waals surface area contributed by atoms with E-state index in [1.807, 2.05) is 24.3 Å². The van der Waals surface area contributed by atoms with E-state index < -0.39 is 38.6 Å². The fourth-order valence-electron chi connectivity index (χ4n) is 5.43. The fraction of sp³-hybridized carbons (Fsp3) is 0.718. The Bertz CT molecular complexity index is 1120. The summed E-state index contributed by atoms with van der Waals surface area (Å²) in [4.78, 5) is 47.2. The number of phosphoric acid groups is 1. The van der Waals surface area contributed by atoms with E-state index in [2.05, 4.69) is 26.0 Å². The van der Waals surface area contributed by atoms with Crippen molar-refractivity contribution in [3.63, 3.8) is 0 Å². The first-order chi connectivity index (χ1) is 24.6. The van der Waals surface area contributed by atoms with Crippen LogP contribution in [0.4, 0.5) is 0 Å². The predicted molar refractivity (Wildman–Crippen MR) is 201 cm³/mol. The van der Waals surface area contributed by atoms with E-state index in [9.17, 15) is 28.9 Å². The molecule has 51 heavy (non-hydrogen) atoms. The van der Waals surface area contributed by atoms with Gasteiger partial charge in [-0.2, -0.15) is 0 Å². The smallest absolute Gasteiger partial charge is 0.462 e.